The van der Waals surface area contributed by atoms with Crippen molar-refractivity contribution < 1.29 is 17.6 Å². The normalized spacial score (nSPS) is 23.2. The average Bonchev–Trinajstić information content (AvgIpc) is 2.99. The number of halogens is 4. The molecule has 0 aromatic heterocycles. The van der Waals surface area contributed by atoms with E-state index in [-0.39, 0.29) is 17.0 Å². The van der Waals surface area contributed by atoms with E-state index in [4.69, 9.17) is 0 Å². The lowest BCUT2D eigenvalue weighted by atomic mass is 9.68. The lowest BCUT2D eigenvalue weighted by molar-refractivity contribution is 0.156. The van der Waals surface area contributed by atoms with Gasteiger partial charge in [-0.25, -0.2) is 17.6 Å². The predicted molar refractivity (Wildman–Crippen MR) is 156 cm³/mol. The van der Waals surface area contributed by atoms with E-state index in [1.807, 2.05) is 6.08 Å². The summed E-state index contributed by atoms with van der Waals surface area (Å²) in [5.74, 6) is -0.941. The van der Waals surface area contributed by atoms with Crippen LogP contribution >= 0.6 is 0 Å². The van der Waals surface area contributed by atoms with Gasteiger partial charge in [-0.1, -0.05) is 74.4 Å². The van der Waals surface area contributed by atoms with Crippen molar-refractivity contribution in [1.82, 2.24) is 0 Å². The lowest BCUT2D eigenvalue weighted by Crippen LogP contribution is -2.25. The van der Waals surface area contributed by atoms with Crippen LogP contribution < -0.4 is 0 Å². The average molecular weight is 549 g/mol. The van der Waals surface area contributed by atoms with Crippen molar-refractivity contribution in [2.24, 2.45) is 17.8 Å². The molecule has 0 heterocycles. The van der Waals surface area contributed by atoms with Crippen LogP contribution in [0.5, 0.6) is 0 Å². The Morgan fingerprint density at radius 3 is 1.73 bits per heavy atom. The van der Waals surface area contributed by atoms with Gasteiger partial charge in [0.25, 0.3) is 0 Å². The third-order valence-electron chi connectivity index (χ3n) is 9.71. The van der Waals surface area contributed by atoms with Gasteiger partial charge >= 0.3 is 0 Å². The Morgan fingerprint density at radius 2 is 1.18 bits per heavy atom. The fourth-order valence-corrected chi connectivity index (χ4v) is 7.22. The summed E-state index contributed by atoms with van der Waals surface area (Å²) >= 11 is 0. The van der Waals surface area contributed by atoms with Crippen molar-refractivity contribution in [2.75, 3.05) is 0 Å². The van der Waals surface area contributed by atoms with Crippen LogP contribution in [0.25, 0.3) is 22.3 Å². The highest BCUT2D eigenvalue weighted by molar-refractivity contribution is 5.71. The zero-order valence-corrected chi connectivity index (χ0v) is 23.5. The van der Waals surface area contributed by atoms with E-state index in [1.54, 1.807) is 55.5 Å². The summed E-state index contributed by atoms with van der Waals surface area (Å²) in [4.78, 5) is 0. The molecule has 0 saturated heterocycles. The molecule has 3 aromatic carbocycles. The van der Waals surface area contributed by atoms with Gasteiger partial charge in [0.2, 0.25) is 0 Å². The van der Waals surface area contributed by atoms with Gasteiger partial charge in [0, 0.05) is 11.1 Å². The Hall–Kier alpha value is -2.88. The van der Waals surface area contributed by atoms with Gasteiger partial charge in [0.05, 0.1) is 0 Å². The number of hydrogen-bond acceptors (Lipinski definition) is 0. The topological polar surface area (TPSA) is 0 Å². The van der Waals surface area contributed by atoms with Gasteiger partial charge in [-0.2, -0.15) is 0 Å². The molecule has 2 aliphatic carbocycles. The summed E-state index contributed by atoms with van der Waals surface area (Å²) in [7, 11) is 0. The molecule has 0 N–H and O–H groups in total. The van der Waals surface area contributed by atoms with Crippen molar-refractivity contribution in [1.29, 1.82) is 0 Å². The number of allylic oxidation sites excluding steroid dienone is 1. The van der Waals surface area contributed by atoms with Crippen LogP contribution in [0.4, 0.5) is 17.6 Å². The van der Waals surface area contributed by atoms with Crippen molar-refractivity contribution >= 4 is 0 Å². The SMILES string of the molecule is C=CCCC1CCC(C2CCC(c3ccc(-c4ccc(-c5ccc(CC)c(F)c5F)cc4)c(F)c3F)CC2)CC1. The molecule has 0 radical (unpaired) electrons. The summed E-state index contributed by atoms with van der Waals surface area (Å²) in [5.41, 5.74) is 2.14. The van der Waals surface area contributed by atoms with E-state index in [0.717, 1.165) is 43.9 Å². The van der Waals surface area contributed by atoms with E-state index in [2.05, 4.69) is 6.58 Å². The fraction of sp³-hybridized carbons (Fsp3) is 0.444. The summed E-state index contributed by atoms with van der Waals surface area (Å²) in [5, 5.41) is 0. The molecule has 2 saturated carbocycles. The van der Waals surface area contributed by atoms with Gasteiger partial charge < -0.3 is 0 Å². The molecule has 0 aliphatic heterocycles. The zero-order chi connectivity index (χ0) is 28.2. The molecule has 212 valence electrons. The van der Waals surface area contributed by atoms with Crippen molar-refractivity contribution in [3.8, 4) is 22.3 Å². The molecule has 2 fully saturated rings. The van der Waals surface area contributed by atoms with Crippen LogP contribution in [-0.4, -0.2) is 0 Å². The van der Waals surface area contributed by atoms with Gasteiger partial charge in [0.1, 0.15) is 0 Å². The third kappa shape index (κ3) is 5.92. The minimum atomic E-state index is -0.889. The molecule has 3 aromatic rings. The highest BCUT2D eigenvalue weighted by atomic mass is 19.2. The Labute approximate surface area is 236 Å². The highest BCUT2D eigenvalue weighted by Crippen LogP contribution is 2.45. The van der Waals surface area contributed by atoms with E-state index < -0.39 is 23.3 Å². The van der Waals surface area contributed by atoms with Crippen LogP contribution in [0.15, 0.2) is 61.2 Å². The number of aryl methyl sites for hydroxylation is 1. The molecule has 0 bridgehead atoms. The second kappa shape index (κ2) is 12.7. The maximum Gasteiger partial charge on any atom is 0.166 e. The molecule has 4 heteroatoms. The molecular weight excluding hydrogens is 508 g/mol. The predicted octanol–water partition coefficient (Wildman–Crippen LogP) is 11.2. The van der Waals surface area contributed by atoms with Crippen molar-refractivity contribution in [3.05, 3.63) is 95.6 Å². The maximum atomic E-state index is 15.4. The maximum absolute atomic E-state index is 15.4. The molecule has 0 unspecified atom stereocenters. The fourth-order valence-electron chi connectivity index (χ4n) is 7.22. The smallest absolute Gasteiger partial charge is 0.166 e. The van der Waals surface area contributed by atoms with Crippen LogP contribution in [0.1, 0.15) is 88.2 Å². The first-order chi connectivity index (χ1) is 19.4. The first kappa shape index (κ1) is 28.6. The molecule has 2 aliphatic rings. The first-order valence-corrected chi connectivity index (χ1v) is 15.1. The van der Waals surface area contributed by atoms with Crippen LogP contribution in [0.2, 0.25) is 0 Å². The Morgan fingerprint density at radius 1 is 0.650 bits per heavy atom. The van der Waals surface area contributed by atoms with Crippen molar-refractivity contribution in [3.63, 3.8) is 0 Å². The number of benzene rings is 3. The van der Waals surface area contributed by atoms with E-state index in [1.165, 1.54) is 32.1 Å². The summed E-state index contributed by atoms with van der Waals surface area (Å²) in [6, 6.07) is 13.1. The standard InChI is InChI=1S/C36H40F4/c1-3-5-6-23-7-9-25(10-8-23)26-11-13-27(14-12-26)31-21-22-32(36(40)35(31)39)29-17-15-28(16-18-29)30-20-19-24(4-2)33(37)34(30)38/h3,15-23,25-27H,1,4-14H2,2H3. The minimum Gasteiger partial charge on any atom is -0.203 e. The van der Waals surface area contributed by atoms with Gasteiger partial charge in [-0.15, -0.1) is 6.58 Å². The number of hydrogen-bond donors (Lipinski definition) is 0. The molecule has 0 nitrogen and oxygen atoms in total. The molecule has 0 amide bonds. The van der Waals surface area contributed by atoms with E-state index in [9.17, 15) is 8.78 Å². The van der Waals surface area contributed by atoms with E-state index >= 15 is 8.78 Å². The molecule has 0 atom stereocenters. The number of rotatable bonds is 8. The van der Waals surface area contributed by atoms with Crippen LogP contribution in [0.3, 0.4) is 0 Å². The minimum absolute atomic E-state index is 0.0510. The zero-order valence-electron chi connectivity index (χ0n) is 23.5. The highest BCUT2D eigenvalue weighted by Gasteiger charge is 2.32. The Kier molecular flexibility index (Phi) is 9.13. The first-order valence-electron chi connectivity index (χ1n) is 15.1. The second-order valence-electron chi connectivity index (χ2n) is 11.9. The lowest BCUT2D eigenvalue weighted by Gasteiger charge is -2.38. The Bertz CT molecular complexity index is 1310. The van der Waals surface area contributed by atoms with Gasteiger partial charge in [-0.05, 0) is 104 Å². The molecule has 40 heavy (non-hydrogen) atoms. The monoisotopic (exact) mass is 548 g/mol. The Balaban J connectivity index is 1.24. The van der Waals surface area contributed by atoms with Gasteiger partial charge in [-0.3, -0.25) is 0 Å². The quantitative estimate of drug-likeness (QED) is 0.194. The largest absolute Gasteiger partial charge is 0.203 e. The van der Waals surface area contributed by atoms with Crippen molar-refractivity contribution in [2.45, 2.75) is 83.5 Å². The second-order valence-corrected chi connectivity index (χ2v) is 11.9. The van der Waals surface area contributed by atoms with Gasteiger partial charge in [0.15, 0.2) is 23.3 Å². The van der Waals surface area contributed by atoms with Crippen LogP contribution in [-0.2, 0) is 6.42 Å². The molecule has 5 rings (SSSR count). The molecular formula is C36H40F4. The summed E-state index contributed by atoms with van der Waals surface area (Å²) in [6.07, 6.45) is 14.0. The molecule has 0 spiro atoms. The van der Waals surface area contributed by atoms with E-state index in [0.29, 0.717) is 34.6 Å². The van der Waals surface area contributed by atoms with Crippen LogP contribution in [0, 0.1) is 41.0 Å². The summed E-state index contributed by atoms with van der Waals surface area (Å²) in [6.45, 7) is 5.62. The third-order valence-corrected chi connectivity index (χ3v) is 9.71. The summed E-state index contributed by atoms with van der Waals surface area (Å²) < 4.78 is 59.6.